The van der Waals surface area contributed by atoms with E-state index in [1.54, 1.807) is 0 Å². The van der Waals surface area contributed by atoms with Crippen LogP contribution in [0.3, 0.4) is 0 Å². The standard InChI is InChI=1S/C16H22N4/c1-17-12-8-15-16(7-5-11-19-15)20(2)13-9-14-6-3-4-10-18-14/h3-7,10-11,17H,8-9,12-13H2,1-2H3. The molecule has 4 nitrogen and oxygen atoms in total. The number of hydrogen-bond donors (Lipinski definition) is 1. The van der Waals surface area contributed by atoms with E-state index in [0.717, 1.165) is 37.3 Å². The summed E-state index contributed by atoms with van der Waals surface area (Å²) in [6.45, 7) is 1.88. The third-order valence-electron chi connectivity index (χ3n) is 3.32. The topological polar surface area (TPSA) is 41.1 Å². The van der Waals surface area contributed by atoms with Crippen LogP contribution in [0.2, 0.25) is 0 Å². The summed E-state index contributed by atoms with van der Waals surface area (Å²) in [5, 5.41) is 3.17. The minimum absolute atomic E-state index is 0.940. The number of rotatable bonds is 7. The summed E-state index contributed by atoms with van der Waals surface area (Å²) in [6.07, 6.45) is 5.59. The molecule has 2 aromatic rings. The summed E-state index contributed by atoms with van der Waals surface area (Å²) in [5.74, 6) is 0. The van der Waals surface area contributed by atoms with Crippen LogP contribution in [0.5, 0.6) is 0 Å². The lowest BCUT2D eigenvalue weighted by Crippen LogP contribution is -2.23. The first-order chi connectivity index (χ1) is 9.81. The van der Waals surface area contributed by atoms with Crippen LogP contribution in [0.4, 0.5) is 5.69 Å². The molecule has 0 aromatic carbocycles. The van der Waals surface area contributed by atoms with Crippen molar-refractivity contribution in [2.24, 2.45) is 0 Å². The van der Waals surface area contributed by atoms with Gasteiger partial charge in [-0.3, -0.25) is 9.97 Å². The molecule has 0 saturated heterocycles. The molecule has 0 aliphatic rings. The average Bonchev–Trinajstić information content (AvgIpc) is 2.52. The summed E-state index contributed by atoms with van der Waals surface area (Å²) < 4.78 is 0. The van der Waals surface area contributed by atoms with Crippen molar-refractivity contribution in [3.8, 4) is 0 Å². The van der Waals surface area contributed by atoms with Crippen LogP contribution in [0.25, 0.3) is 0 Å². The summed E-state index contributed by atoms with van der Waals surface area (Å²) in [4.78, 5) is 11.1. The minimum Gasteiger partial charge on any atom is -0.373 e. The van der Waals surface area contributed by atoms with Crippen LogP contribution < -0.4 is 10.2 Å². The largest absolute Gasteiger partial charge is 0.373 e. The Balaban J connectivity index is 1.99. The molecule has 0 radical (unpaired) electrons. The predicted octanol–water partition coefficient (Wildman–Crippen LogP) is 1.92. The number of pyridine rings is 2. The first-order valence-corrected chi connectivity index (χ1v) is 7.01. The lowest BCUT2D eigenvalue weighted by atomic mass is 10.2. The fraction of sp³-hybridized carbons (Fsp3) is 0.375. The van der Waals surface area contributed by atoms with Gasteiger partial charge in [-0.05, 0) is 31.3 Å². The molecule has 20 heavy (non-hydrogen) atoms. The Morgan fingerprint density at radius 1 is 1.05 bits per heavy atom. The Morgan fingerprint density at radius 3 is 2.65 bits per heavy atom. The maximum Gasteiger partial charge on any atom is 0.0649 e. The molecule has 0 spiro atoms. The highest BCUT2D eigenvalue weighted by atomic mass is 15.1. The molecule has 0 unspecified atom stereocenters. The van der Waals surface area contributed by atoms with E-state index in [1.807, 2.05) is 37.6 Å². The van der Waals surface area contributed by atoms with Gasteiger partial charge in [-0.15, -0.1) is 0 Å². The highest BCUT2D eigenvalue weighted by molar-refractivity contribution is 5.49. The van der Waals surface area contributed by atoms with Crippen LogP contribution in [-0.4, -0.2) is 37.2 Å². The number of aromatic nitrogens is 2. The minimum atomic E-state index is 0.940. The highest BCUT2D eigenvalue weighted by Gasteiger charge is 2.08. The molecule has 0 saturated carbocycles. The van der Waals surface area contributed by atoms with Gasteiger partial charge in [0.2, 0.25) is 0 Å². The first-order valence-electron chi connectivity index (χ1n) is 7.01. The van der Waals surface area contributed by atoms with Crippen molar-refractivity contribution in [2.75, 3.05) is 32.1 Å². The van der Waals surface area contributed by atoms with Crippen molar-refractivity contribution in [1.82, 2.24) is 15.3 Å². The van der Waals surface area contributed by atoms with Gasteiger partial charge >= 0.3 is 0 Å². The Hall–Kier alpha value is -1.94. The van der Waals surface area contributed by atoms with Crippen molar-refractivity contribution in [2.45, 2.75) is 12.8 Å². The van der Waals surface area contributed by atoms with Crippen LogP contribution in [0.1, 0.15) is 11.4 Å². The second-order valence-electron chi connectivity index (χ2n) is 4.82. The van der Waals surface area contributed by atoms with Gasteiger partial charge in [-0.25, -0.2) is 0 Å². The van der Waals surface area contributed by atoms with E-state index < -0.39 is 0 Å². The molecule has 1 N–H and O–H groups in total. The Kier molecular flexibility index (Phi) is 5.50. The monoisotopic (exact) mass is 270 g/mol. The van der Waals surface area contributed by atoms with Gasteiger partial charge in [0.1, 0.15) is 0 Å². The first kappa shape index (κ1) is 14.5. The van der Waals surface area contributed by atoms with Crippen LogP contribution in [-0.2, 0) is 12.8 Å². The van der Waals surface area contributed by atoms with Gasteiger partial charge in [-0.2, -0.15) is 0 Å². The van der Waals surface area contributed by atoms with Crippen molar-refractivity contribution < 1.29 is 0 Å². The van der Waals surface area contributed by atoms with Gasteiger partial charge in [-0.1, -0.05) is 6.07 Å². The summed E-state index contributed by atoms with van der Waals surface area (Å²) in [7, 11) is 4.08. The van der Waals surface area contributed by atoms with Gasteiger partial charge in [0.05, 0.1) is 11.4 Å². The quantitative estimate of drug-likeness (QED) is 0.834. The average molecular weight is 270 g/mol. The Labute approximate surface area is 120 Å². The van der Waals surface area contributed by atoms with Crippen LogP contribution in [0, 0.1) is 0 Å². The van der Waals surface area contributed by atoms with E-state index in [4.69, 9.17) is 0 Å². The van der Waals surface area contributed by atoms with Crippen molar-refractivity contribution >= 4 is 5.69 Å². The van der Waals surface area contributed by atoms with E-state index >= 15 is 0 Å². The van der Waals surface area contributed by atoms with E-state index in [-0.39, 0.29) is 0 Å². The summed E-state index contributed by atoms with van der Waals surface area (Å²) >= 11 is 0. The lowest BCUT2D eigenvalue weighted by Gasteiger charge is -2.21. The van der Waals surface area contributed by atoms with E-state index in [2.05, 4.69) is 39.4 Å². The van der Waals surface area contributed by atoms with Crippen molar-refractivity contribution in [3.63, 3.8) is 0 Å². The zero-order valence-electron chi connectivity index (χ0n) is 12.2. The van der Waals surface area contributed by atoms with E-state index in [9.17, 15) is 0 Å². The second kappa shape index (κ2) is 7.60. The maximum atomic E-state index is 4.49. The molecule has 0 bridgehead atoms. The molecule has 2 heterocycles. The number of anilines is 1. The smallest absolute Gasteiger partial charge is 0.0649 e. The Morgan fingerprint density at radius 2 is 1.90 bits per heavy atom. The molecule has 2 rings (SSSR count). The molecule has 0 amide bonds. The number of nitrogens with one attached hydrogen (secondary N) is 1. The molecule has 106 valence electrons. The van der Waals surface area contributed by atoms with E-state index in [0.29, 0.717) is 0 Å². The molecule has 0 aliphatic carbocycles. The maximum absolute atomic E-state index is 4.49. The summed E-state index contributed by atoms with van der Waals surface area (Å²) in [6, 6.07) is 10.2. The van der Waals surface area contributed by atoms with Crippen LogP contribution >= 0.6 is 0 Å². The summed E-state index contributed by atoms with van der Waals surface area (Å²) in [5.41, 5.74) is 3.48. The number of nitrogens with zero attached hydrogens (tertiary/aromatic N) is 3. The number of likely N-dealkylation sites (N-methyl/N-ethyl adjacent to an activating group) is 2. The molecule has 0 aliphatic heterocycles. The van der Waals surface area contributed by atoms with Gasteiger partial charge < -0.3 is 10.2 Å². The second-order valence-corrected chi connectivity index (χ2v) is 4.82. The highest BCUT2D eigenvalue weighted by Crippen LogP contribution is 2.17. The fourth-order valence-electron chi connectivity index (χ4n) is 2.16. The van der Waals surface area contributed by atoms with E-state index in [1.165, 1.54) is 5.69 Å². The fourth-order valence-corrected chi connectivity index (χ4v) is 2.16. The zero-order valence-corrected chi connectivity index (χ0v) is 12.2. The van der Waals surface area contributed by atoms with Gasteiger partial charge in [0, 0.05) is 51.1 Å². The van der Waals surface area contributed by atoms with Gasteiger partial charge in [0.25, 0.3) is 0 Å². The molecular formula is C16H22N4. The molecular weight excluding hydrogens is 248 g/mol. The van der Waals surface area contributed by atoms with Crippen LogP contribution in [0.15, 0.2) is 42.7 Å². The number of hydrogen-bond acceptors (Lipinski definition) is 4. The zero-order chi connectivity index (χ0) is 14.2. The predicted molar refractivity (Wildman–Crippen MR) is 83.1 cm³/mol. The molecule has 0 fully saturated rings. The SMILES string of the molecule is CNCCc1ncccc1N(C)CCc1ccccn1. The molecule has 2 aromatic heterocycles. The van der Waals surface area contributed by atoms with Crippen molar-refractivity contribution in [3.05, 3.63) is 54.1 Å². The molecule has 0 atom stereocenters. The lowest BCUT2D eigenvalue weighted by molar-refractivity contribution is 0.766. The molecule has 4 heteroatoms. The third kappa shape index (κ3) is 4.03. The normalized spacial score (nSPS) is 10.5. The van der Waals surface area contributed by atoms with Crippen molar-refractivity contribution in [1.29, 1.82) is 0 Å². The third-order valence-corrected chi connectivity index (χ3v) is 3.32. The van der Waals surface area contributed by atoms with Gasteiger partial charge in [0.15, 0.2) is 0 Å². The Bertz CT molecular complexity index is 513.